The molecule has 1 aliphatic rings. The van der Waals surface area contributed by atoms with Crippen LogP contribution in [-0.4, -0.2) is 76.8 Å². The fourth-order valence-electron chi connectivity index (χ4n) is 4.99. The molecule has 0 saturated heterocycles. The second kappa shape index (κ2) is 14.1. The van der Waals surface area contributed by atoms with E-state index in [4.69, 9.17) is 4.74 Å². The Bertz CT molecular complexity index is 1430. The van der Waals surface area contributed by atoms with Gasteiger partial charge in [0, 0.05) is 42.5 Å². The Balaban J connectivity index is 1.54. The van der Waals surface area contributed by atoms with Gasteiger partial charge in [0.1, 0.15) is 17.7 Å². The highest BCUT2D eigenvalue weighted by molar-refractivity contribution is 6.00. The average molecular weight is 593 g/mol. The highest BCUT2D eigenvalue weighted by Crippen LogP contribution is 2.29. The third kappa shape index (κ3) is 8.52. The van der Waals surface area contributed by atoms with Crippen molar-refractivity contribution in [3.8, 4) is 5.75 Å². The zero-order valence-electron chi connectivity index (χ0n) is 24.4. The van der Waals surface area contributed by atoms with Crippen LogP contribution in [0.15, 0.2) is 66.7 Å². The summed E-state index contributed by atoms with van der Waals surface area (Å²) in [5.74, 6) is -1.13. The van der Waals surface area contributed by atoms with Crippen LogP contribution < -0.4 is 15.4 Å². The van der Waals surface area contributed by atoms with Crippen LogP contribution in [0.5, 0.6) is 5.75 Å². The number of rotatable bonds is 9. The molecular formula is C32H37FN4O6. The Morgan fingerprint density at radius 2 is 1.72 bits per heavy atom. The number of carbonyl (C=O) groups is 3. The highest BCUT2D eigenvalue weighted by atomic mass is 19.1. The highest BCUT2D eigenvalue weighted by Gasteiger charge is 2.31. The molecule has 0 aromatic heterocycles. The van der Waals surface area contributed by atoms with Gasteiger partial charge in [0.2, 0.25) is 5.91 Å². The molecule has 11 heteroatoms. The Kier molecular flexibility index (Phi) is 10.3. The molecule has 43 heavy (non-hydrogen) atoms. The van der Waals surface area contributed by atoms with Crippen molar-refractivity contribution in [1.82, 2.24) is 9.80 Å². The smallest absolute Gasteiger partial charge is 0.335 e. The van der Waals surface area contributed by atoms with E-state index in [9.17, 15) is 29.0 Å². The summed E-state index contributed by atoms with van der Waals surface area (Å²) in [6.45, 7) is 5.06. The van der Waals surface area contributed by atoms with Gasteiger partial charge >= 0.3 is 12.0 Å². The van der Waals surface area contributed by atoms with Gasteiger partial charge in [0.15, 0.2) is 0 Å². The first-order chi connectivity index (χ1) is 20.5. The van der Waals surface area contributed by atoms with E-state index >= 15 is 0 Å². The molecule has 1 aliphatic heterocycles. The van der Waals surface area contributed by atoms with E-state index < -0.39 is 23.9 Å². The van der Waals surface area contributed by atoms with Crippen molar-refractivity contribution in [2.75, 3.05) is 37.4 Å². The van der Waals surface area contributed by atoms with Crippen molar-refractivity contribution in [1.29, 1.82) is 0 Å². The summed E-state index contributed by atoms with van der Waals surface area (Å²) in [5.41, 5.74) is 2.63. The molecule has 0 aliphatic carbocycles. The van der Waals surface area contributed by atoms with Gasteiger partial charge in [-0.1, -0.05) is 19.1 Å². The van der Waals surface area contributed by atoms with Crippen LogP contribution in [0.3, 0.4) is 0 Å². The lowest BCUT2D eigenvalue weighted by Gasteiger charge is -2.34. The maximum absolute atomic E-state index is 13.5. The van der Waals surface area contributed by atoms with Crippen LogP contribution >= 0.6 is 0 Å². The third-order valence-corrected chi connectivity index (χ3v) is 7.42. The van der Waals surface area contributed by atoms with Gasteiger partial charge in [-0.15, -0.1) is 0 Å². The molecule has 3 aromatic rings. The molecule has 4 N–H and O–H groups in total. The largest absolute Gasteiger partial charge is 0.488 e. The number of aliphatic hydroxyl groups is 1. The number of nitrogens with zero attached hydrogens (tertiary/aromatic N) is 2. The predicted molar refractivity (Wildman–Crippen MR) is 161 cm³/mol. The minimum atomic E-state index is -0.977. The average Bonchev–Trinajstić information content (AvgIpc) is 3.01. The van der Waals surface area contributed by atoms with Crippen LogP contribution in [0.1, 0.15) is 35.3 Å². The third-order valence-electron chi connectivity index (χ3n) is 7.42. The van der Waals surface area contributed by atoms with Gasteiger partial charge in [-0.05, 0) is 74.1 Å². The first-order valence-corrected chi connectivity index (χ1v) is 14.1. The van der Waals surface area contributed by atoms with Crippen LogP contribution in [-0.2, 0) is 17.8 Å². The van der Waals surface area contributed by atoms with Gasteiger partial charge in [-0.3, -0.25) is 9.69 Å². The summed E-state index contributed by atoms with van der Waals surface area (Å²) < 4.78 is 19.7. The van der Waals surface area contributed by atoms with E-state index in [2.05, 4.69) is 15.5 Å². The zero-order valence-corrected chi connectivity index (χ0v) is 24.4. The molecule has 3 aromatic carbocycles. The molecule has 1 heterocycles. The summed E-state index contributed by atoms with van der Waals surface area (Å²) in [6.07, 6.45) is -0.318. The molecule has 0 spiro atoms. The number of benzene rings is 3. The maximum Gasteiger partial charge on any atom is 0.335 e. The topological polar surface area (TPSA) is 131 Å². The first kappa shape index (κ1) is 31.5. The summed E-state index contributed by atoms with van der Waals surface area (Å²) in [5, 5.41) is 24.5. The Morgan fingerprint density at radius 3 is 2.37 bits per heavy atom. The van der Waals surface area contributed by atoms with Gasteiger partial charge in [-0.2, -0.15) is 0 Å². The number of halogens is 1. The first-order valence-electron chi connectivity index (χ1n) is 14.1. The second-order valence-corrected chi connectivity index (χ2v) is 11.0. The van der Waals surface area contributed by atoms with Crippen LogP contribution in [0.4, 0.5) is 20.6 Å². The number of hydrogen-bond acceptors (Lipinski definition) is 6. The number of likely N-dealkylation sites (N-methyl/N-ethyl adjacent to an activating group) is 1. The predicted octanol–water partition coefficient (Wildman–Crippen LogP) is 4.45. The molecule has 0 fully saturated rings. The lowest BCUT2D eigenvalue weighted by molar-refractivity contribution is -0.134. The fraction of sp³-hybridized carbons (Fsp3) is 0.344. The number of fused-ring (bicyclic) bond motifs is 1. The monoisotopic (exact) mass is 592 g/mol. The number of nitrogens with one attached hydrogen (secondary N) is 2. The number of carboxylic acids is 1. The Hall–Kier alpha value is -4.48. The van der Waals surface area contributed by atoms with Gasteiger partial charge in [-0.25, -0.2) is 14.0 Å². The quantitative estimate of drug-likeness (QED) is 0.289. The Labute approximate surface area is 250 Å². The lowest BCUT2D eigenvalue weighted by atomic mass is 10.0. The molecule has 228 valence electrons. The van der Waals surface area contributed by atoms with Crippen molar-refractivity contribution in [3.05, 3.63) is 89.2 Å². The molecule has 0 bridgehead atoms. The van der Waals surface area contributed by atoms with E-state index in [1.807, 2.05) is 14.0 Å². The van der Waals surface area contributed by atoms with E-state index in [1.165, 1.54) is 24.3 Å². The summed E-state index contributed by atoms with van der Waals surface area (Å²) in [4.78, 5) is 41.0. The van der Waals surface area contributed by atoms with Crippen molar-refractivity contribution < 1.29 is 33.7 Å². The molecule has 3 amide bonds. The number of carbonyl (C=O) groups excluding carboxylic acids is 2. The maximum atomic E-state index is 13.5. The van der Waals surface area contributed by atoms with Crippen LogP contribution in [0, 0.1) is 11.7 Å². The molecule has 0 unspecified atom stereocenters. The summed E-state index contributed by atoms with van der Waals surface area (Å²) in [6, 6.07) is 16.3. The van der Waals surface area contributed by atoms with Gasteiger partial charge in [0.05, 0.1) is 24.6 Å². The number of aromatic carboxylic acids is 1. The molecule has 3 atom stereocenters. The number of amides is 3. The minimum absolute atomic E-state index is 0.0139. The minimum Gasteiger partial charge on any atom is -0.488 e. The number of aliphatic hydroxyl groups excluding tert-OH is 1. The van der Waals surface area contributed by atoms with E-state index in [0.717, 1.165) is 5.56 Å². The van der Waals surface area contributed by atoms with Gasteiger partial charge < -0.3 is 30.5 Å². The van der Waals surface area contributed by atoms with Crippen molar-refractivity contribution in [2.45, 2.75) is 39.0 Å². The fourth-order valence-corrected chi connectivity index (χ4v) is 4.99. The number of hydrogen-bond donors (Lipinski definition) is 4. The molecular weight excluding hydrogens is 555 g/mol. The number of carboxylic acid groups (broad SMARTS) is 1. The van der Waals surface area contributed by atoms with E-state index in [1.54, 1.807) is 54.3 Å². The van der Waals surface area contributed by atoms with Crippen LogP contribution in [0.2, 0.25) is 0 Å². The number of anilines is 2. The normalized spacial score (nSPS) is 17.6. The summed E-state index contributed by atoms with van der Waals surface area (Å²) >= 11 is 0. The second-order valence-electron chi connectivity index (χ2n) is 11.0. The lowest BCUT2D eigenvalue weighted by Crippen LogP contribution is -2.47. The SMILES string of the molecule is C[C@H]1CN([C@@H](C)CO)C(=O)Cc2cc(NC(=O)Nc3ccc(F)cc3)ccc2O[C@H]1CN(C)Cc1ccc(C(=O)O)cc1. The van der Waals surface area contributed by atoms with Gasteiger partial charge in [0.25, 0.3) is 0 Å². The van der Waals surface area contributed by atoms with Crippen molar-refractivity contribution >= 4 is 29.3 Å². The summed E-state index contributed by atoms with van der Waals surface area (Å²) in [7, 11) is 1.95. The zero-order chi connectivity index (χ0) is 31.1. The molecule has 0 saturated carbocycles. The van der Waals surface area contributed by atoms with Crippen molar-refractivity contribution in [3.63, 3.8) is 0 Å². The number of ether oxygens (including phenoxy) is 1. The molecule has 4 rings (SSSR count). The number of urea groups is 1. The standard InChI is InChI=1S/C32H37FN4O6/c1-20-16-37(21(2)19-38)30(39)15-24-14-27(35-32(42)34-26-10-8-25(33)9-11-26)12-13-28(24)43-29(20)18-36(3)17-22-4-6-23(7-5-22)31(40)41/h4-14,20-21,29,38H,15-19H2,1-3H3,(H,40,41)(H2,34,35,42)/t20-,21-,29-/m0/s1. The Morgan fingerprint density at radius 1 is 1.07 bits per heavy atom. The van der Waals surface area contributed by atoms with Crippen molar-refractivity contribution in [2.24, 2.45) is 5.92 Å². The molecule has 0 radical (unpaired) electrons. The van der Waals surface area contributed by atoms with E-state index in [0.29, 0.717) is 42.3 Å². The van der Waals surface area contributed by atoms with E-state index in [-0.39, 0.29) is 36.5 Å². The molecule has 10 nitrogen and oxygen atoms in total. The van der Waals surface area contributed by atoms with Crippen LogP contribution in [0.25, 0.3) is 0 Å².